The predicted octanol–water partition coefficient (Wildman–Crippen LogP) is 1.04. The molecule has 0 aromatic rings. The zero-order valence-corrected chi connectivity index (χ0v) is 13.3. The van der Waals surface area contributed by atoms with E-state index in [0.717, 1.165) is 36.4 Å². The van der Waals surface area contributed by atoms with E-state index in [4.69, 9.17) is 0 Å². The molecule has 3 unspecified atom stereocenters. The molecule has 1 saturated carbocycles. The summed E-state index contributed by atoms with van der Waals surface area (Å²) in [5.74, 6) is -1.05. The second-order valence-electron chi connectivity index (χ2n) is 5.45. The lowest BCUT2D eigenvalue weighted by Crippen LogP contribution is -2.53. The van der Waals surface area contributed by atoms with Gasteiger partial charge in [0.1, 0.15) is 6.04 Å². The molecule has 1 aliphatic heterocycles. The maximum absolute atomic E-state index is 12.4. The van der Waals surface area contributed by atoms with Crippen molar-refractivity contribution in [2.75, 3.05) is 12.8 Å². The van der Waals surface area contributed by atoms with E-state index >= 15 is 0 Å². The van der Waals surface area contributed by atoms with E-state index in [1.165, 1.54) is 0 Å². The molecule has 0 bridgehead atoms. The van der Waals surface area contributed by atoms with Crippen LogP contribution in [0.2, 0.25) is 0 Å². The van der Waals surface area contributed by atoms with Crippen LogP contribution in [0.3, 0.4) is 0 Å². The van der Waals surface area contributed by atoms with Crippen LogP contribution in [0.25, 0.3) is 0 Å². The molecule has 2 aliphatic rings. The number of piperidine rings is 1. The highest BCUT2D eigenvalue weighted by molar-refractivity contribution is 7.99. The topological polar surface area (TPSA) is 86.7 Å². The van der Waals surface area contributed by atoms with Gasteiger partial charge in [0.05, 0.1) is 0 Å². The van der Waals surface area contributed by atoms with Gasteiger partial charge in [0, 0.05) is 17.8 Å². The zero-order valence-electron chi connectivity index (χ0n) is 11.6. The normalized spacial score (nSPS) is 32.4. The smallest absolute Gasteiger partial charge is 0.322 e. The molecule has 20 heavy (non-hydrogen) atoms. The van der Waals surface area contributed by atoms with Crippen LogP contribution in [0.1, 0.15) is 38.5 Å². The third-order valence-corrected chi connectivity index (χ3v) is 6.86. The van der Waals surface area contributed by atoms with Gasteiger partial charge in [0.25, 0.3) is 10.2 Å². The second kappa shape index (κ2) is 6.64. The van der Waals surface area contributed by atoms with Crippen LogP contribution in [-0.2, 0) is 15.0 Å². The number of nitrogens with one attached hydrogen (secondary N) is 1. The summed E-state index contributed by atoms with van der Waals surface area (Å²) in [6.45, 7) is 0.297. The van der Waals surface area contributed by atoms with Gasteiger partial charge in [-0.3, -0.25) is 4.79 Å². The molecule has 0 radical (unpaired) electrons. The van der Waals surface area contributed by atoms with E-state index in [1.807, 2.05) is 6.26 Å². The van der Waals surface area contributed by atoms with Crippen LogP contribution in [0, 0.1) is 0 Å². The van der Waals surface area contributed by atoms with E-state index in [0.29, 0.717) is 18.2 Å². The third kappa shape index (κ3) is 3.66. The molecule has 1 heterocycles. The zero-order chi connectivity index (χ0) is 14.8. The molecule has 0 spiro atoms. The lowest BCUT2D eigenvalue weighted by atomic mass is 10.1. The SMILES string of the molecule is CSC1CCC(NS(=O)(=O)N2CCCCC2C(=O)O)C1. The highest BCUT2D eigenvalue weighted by Crippen LogP contribution is 2.29. The fraction of sp³-hybridized carbons (Fsp3) is 0.917. The maximum Gasteiger partial charge on any atom is 0.322 e. The molecule has 2 N–H and O–H groups in total. The number of aliphatic carboxylic acids is 1. The first-order chi connectivity index (χ1) is 9.44. The van der Waals surface area contributed by atoms with E-state index < -0.39 is 22.2 Å². The summed E-state index contributed by atoms with van der Waals surface area (Å²) < 4.78 is 28.6. The average molecular weight is 322 g/mol. The Bertz CT molecular complexity index is 454. The molecular formula is C12H22N2O4S2. The first-order valence-electron chi connectivity index (χ1n) is 6.98. The van der Waals surface area contributed by atoms with Gasteiger partial charge in [-0.15, -0.1) is 0 Å². The van der Waals surface area contributed by atoms with Gasteiger partial charge in [-0.25, -0.2) is 0 Å². The minimum absolute atomic E-state index is 0.0613. The Labute approximate surface area is 124 Å². The Morgan fingerprint density at radius 3 is 2.65 bits per heavy atom. The van der Waals surface area contributed by atoms with Crippen molar-refractivity contribution in [2.45, 2.75) is 55.9 Å². The van der Waals surface area contributed by atoms with Crippen LogP contribution >= 0.6 is 11.8 Å². The van der Waals surface area contributed by atoms with Crippen LogP contribution in [0.15, 0.2) is 0 Å². The number of carbonyl (C=O) groups is 1. The first kappa shape index (κ1) is 16.1. The first-order valence-corrected chi connectivity index (χ1v) is 9.71. The summed E-state index contributed by atoms with van der Waals surface area (Å²) in [4.78, 5) is 11.2. The quantitative estimate of drug-likeness (QED) is 0.790. The van der Waals surface area contributed by atoms with E-state index in [2.05, 4.69) is 4.72 Å². The monoisotopic (exact) mass is 322 g/mol. The van der Waals surface area contributed by atoms with Gasteiger partial charge in [0.15, 0.2) is 0 Å². The molecule has 116 valence electrons. The molecule has 2 rings (SSSR count). The molecule has 0 amide bonds. The molecule has 0 aromatic carbocycles. The van der Waals surface area contributed by atoms with Gasteiger partial charge in [0.2, 0.25) is 0 Å². The van der Waals surface area contributed by atoms with E-state index in [1.54, 1.807) is 11.8 Å². The molecule has 3 atom stereocenters. The van der Waals surface area contributed by atoms with Crippen LogP contribution in [0.4, 0.5) is 0 Å². The highest BCUT2D eigenvalue weighted by Gasteiger charge is 2.38. The Kier molecular flexibility index (Phi) is 5.33. The molecule has 1 aliphatic carbocycles. The van der Waals surface area contributed by atoms with Crippen molar-refractivity contribution in [2.24, 2.45) is 0 Å². The second-order valence-corrected chi connectivity index (χ2v) is 8.24. The Morgan fingerprint density at radius 1 is 1.30 bits per heavy atom. The Morgan fingerprint density at radius 2 is 2.05 bits per heavy atom. The summed E-state index contributed by atoms with van der Waals surface area (Å²) >= 11 is 1.76. The molecule has 0 aromatic heterocycles. The number of carboxylic acid groups (broad SMARTS) is 1. The van der Waals surface area contributed by atoms with Crippen molar-refractivity contribution >= 4 is 27.9 Å². The van der Waals surface area contributed by atoms with Crippen LogP contribution in [-0.4, -0.2) is 53.9 Å². The number of thioether (sulfide) groups is 1. The predicted molar refractivity (Wildman–Crippen MR) is 79.0 cm³/mol. The van der Waals surface area contributed by atoms with Gasteiger partial charge in [-0.2, -0.15) is 29.2 Å². The molecule has 2 fully saturated rings. The number of nitrogens with zero attached hydrogens (tertiary/aromatic N) is 1. The van der Waals surface area contributed by atoms with E-state index in [9.17, 15) is 18.3 Å². The number of hydrogen-bond donors (Lipinski definition) is 2. The fourth-order valence-electron chi connectivity index (χ4n) is 2.98. The number of rotatable bonds is 5. The highest BCUT2D eigenvalue weighted by atomic mass is 32.2. The van der Waals surface area contributed by atoms with Crippen molar-refractivity contribution in [3.8, 4) is 0 Å². The molecule has 6 nitrogen and oxygen atoms in total. The summed E-state index contributed by atoms with van der Waals surface area (Å²) in [5.41, 5.74) is 0. The van der Waals surface area contributed by atoms with Crippen molar-refractivity contribution in [1.29, 1.82) is 0 Å². The Balaban J connectivity index is 2.03. The largest absolute Gasteiger partial charge is 0.480 e. The lowest BCUT2D eigenvalue weighted by molar-refractivity contribution is -0.142. The summed E-state index contributed by atoms with van der Waals surface area (Å²) in [6.07, 6.45) is 6.59. The third-order valence-electron chi connectivity index (χ3n) is 4.08. The summed E-state index contributed by atoms with van der Waals surface area (Å²) in [6, 6.07) is -0.979. The van der Waals surface area contributed by atoms with Gasteiger partial charge >= 0.3 is 5.97 Å². The van der Waals surface area contributed by atoms with Crippen LogP contribution < -0.4 is 4.72 Å². The maximum atomic E-state index is 12.4. The van der Waals surface area contributed by atoms with Gasteiger partial charge in [-0.05, 0) is 44.8 Å². The number of hydrogen-bond acceptors (Lipinski definition) is 4. The molecule has 8 heteroatoms. The van der Waals surface area contributed by atoms with Crippen LogP contribution in [0.5, 0.6) is 0 Å². The van der Waals surface area contributed by atoms with Gasteiger partial charge in [-0.1, -0.05) is 0 Å². The van der Waals surface area contributed by atoms with Crippen molar-refractivity contribution in [1.82, 2.24) is 9.03 Å². The number of carboxylic acids is 1. The summed E-state index contributed by atoms with van der Waals surface area (Å²) in [5, 5.41) is 9.68. The minimum atomic E-state index is -3.70. The van der Waals surface area contributed by atoms with Crippen molar-refractivity contribution < 1.29 is 18.3 Å². The fourth-order valence-corrected chi connectivity index (χ4v) is 5.45. The van der Waals surface area contributed by atoms with Crippen molar-refractivity contribution in [3.05, 3.63) is 0 Å². The standard InChI is InChI=1S/C12H22N2O4S2/c1-19-10-6-5-9(8-10)13-20(17,18)14-7-3-2-4-11(14)12(15)16/h9-11,13H,2-8H2,1H3,(H,15,16). The molecular weight excluding hydrogens is 300 g/mol. The average Bonchev–Trinajstić information content (AvgIpc) is 2.85. The molecule has 1 saturated heterocycles. The minimum Gasteiger partial charge on any atom is -0.480 e. The lowest BCUT2D eigenvalue weighted by Gasteiger charge is -2.32. The van der Waals surface area contributed by atoms with Gasteiger partial charge < -0.3 is 5.11 Å². The Hall–Kier alpha value is -0.310. The summed E-state index contributed by atoms with van der Waals surface area (Å²) in [7, 11) is -3.70. The van der Waals surface area contributed by atoms with E-state index in [-0.39, 0.29) is 6.04 Å². The van der Waals surface area contributed by atoms with Crippen molar-refractivity contribution in [3.63, 3.8) is 0 Å².